The third-order valence-electron chi connectivity index (χ3n) is 2.87. The molecule has 0 atom stereocenters. The monoisotopic (exact) mass is 318 g/mol. The fourth-order valence-electron chi connectivity index (χ4n) is 1.77. The molecule has 4 nitrogen and oxygen atoms in total. The number of benzene rings is 2. The van der Waals surface area contributed by atoms with E-state index in [2.05, 4.69) is 6.07 Å². The van der Waals surface area contributed by atoms with Gasteiger partial charge in [0.25, 0.3) is 0 Å². The summed E-state index contributed by atoms with van der Waals surface area (Å²) in [5.74, 6) is 0. The SMILES string of the molecule is CS(=O)(=O)c1ccc(Sc2ccc(N)c(CC#N)c2)cc1. The lowest BCUT2D eigenvalue weighted by atomic mass is 10.1. The van der Waals surface area contributed by atoms with Gasteiger partial charge in [-0.2, -0.15) is 5.26 Å². The molecule has 0 aliphatic heterocycles. The highest BCUT2D eigenvalue weighted by Crippen LogP contribution is 2.30. The molecule has 6 heteroatoms. The number of anilines is 1. The number of nitrogens with two attached hydrogens (primary N) is 1. The molecule has 21 heavy (non-hydrogen) atoms. The predicted molar refractivity (Wildman–Crippen MR) is 83.8 cm³/mol. The Morgan fingerprint density at radius 2 is 1.76 bits per heavy atom. The van der Waals surface area contributed by atoms with Crippen molar-refractivity contribution in [2.24, 2.45) is 0 Å². The Bertz CT molecular complexity index is 791. The molecule has 0 saturated carbocycles. The zero-order valence-electron chi connectivity index (χ0n) is 11.4. The first-order chi connectivity index (χ1) is 9.90. The summed E-state index contributed by atoms with van der Waals surface area (Å²) in [6.07, 6.45) is 1.45. The smallest absolute Gasteiger partial charge is 0.175 e. The van der Waals surface area contributed by atoms with Crippen LogP contribution in [0.3, 0.4) is 0 Å². The van der Waals surface area contributed by atoms with Crippen LogP contribution in [0.5, 0.6) is 0 Å². The van der Waals surface area contributed by atoms with Crippen molar-refractivity contribution in [2.75, 3.05) is 12.0 Å². The van der Waals surface area contributed by atoms with Gasteiger partial charge in [0, 0.05) is 21.7 Å². The summed E-state index contributed by atoms with van der Waals surface area (Å²) >= 11 is 1.50. The molecular weight excluding hydrogens is 304 g/mol. The van der Waals surface area contributed by atoms with Gasteiger partial charge in [-0.25, -0.2) is 8.42 Å². The van der Waals surface area contributed by atoms with Gasteiger partial charge in [0.05, 0.1) is 17.4 Å². The van der Waals surface area contributed by atoms with E-state index in [-0.39, 0.29) is 6.42 Å². The largest absolute Gasteiger partial charge is 0.398 e. The first-order valence-corrected chi connectivity index (χ1v) is 8.84. The Labute approximate surface area is 128 Å². The Kier molecular flexibility index (Phi) is 4.56. The number of hydrogen-bond donors (Lipinski definition) is 1. The van der Waals surface area contributed by atoms with Crippen molar-refractivity contribution < 1.29 is 8.42 Å². The van der Waals surface area contributed by atoms with Crippen molar-refractivity contribution in [3.63, 3.8) is 0 Å². The Balaban J connectivity index is 2.23. The predicted octanol–water partition coefficient (Wildman–Crippen LogP) is 2.89. The maximum Gasteiger partial charge on any atom is 0.175 e. The average Bonchev–Trinajstić information content (AvgIpc) is 2.42. The normalized spacial score (nSPS) is 11.0. The van der Waals surface area contributed by atoms with E-state index in [0.717, 1.165) is 15.4 Å². The standard InChI is InChI=1S/C15H14N2O2S2/c1-21(18,19)14-5-2-12(3-6-14)20-13-4-7-15(17)11(10-13)8-9-16/h2-7,10H,8,17H2,1H3. The maximum absolute atomic E-state index is 11.4. The molecule has 0 unspecified atom stereocenters. The summed E-state index contributed by atoms with van der Waals surface area (Å²) in [5, 5.41) is 8.76. The number of rotatable bonds is 4. The summed E-state index contributed by atoms with van der Waals surface area (Å²) in [7, 11) is -3.17. The van der Waals surface area contributed by atoms with E-state index < -0.39 is 9.84 Å². The summed E-state index contributed by atoms with van der Waals surface area (Å²) in [5.41, 5.74) is 7.22. The van der Waals surface area contributed by atoms with E-state index in [9.17, 15) is 8.42 Å². The summed E-state index contributed by atoms with van der Waals surface area (Å²) < 4.78 is 22.8. The Morgan fingerprint density at radius 1 is 1.14 bits per heavy atom. The van der Waals surface area contributed by atoms with Gasteiger partial charge in [-0.1, -0.05) is 11.8 Å². The van der Waals surface area contributed by atoms with E-state index in [1.54, 1.807) is 30.3 Å². The summed E-state index contributed by atoms with van der Waals surface area (Å²) in [6.45, 7) is 0. The van der Waals surface area contributed by atoms with E-state index >= 15 is 0 Å². The Hall–Kier alpha value is -1.97. The van der Waals surface area contributed by atoms with E-state index in [4.69, 9.17) is 11.0 Å². The molecule has 2 aromatic rings. The molecule has 2 rings (SSSR count). The zero-order valence-corrected chi connectivity index (χ0v) is 13.0. The summed E-state index contributed by atoms with van der Waals surface area (Å²) in [4.78, 5) is 2.19. The van der Waals surface area contributed by atoms with E-state index in [0.29, 0.717) is 10.6 Å². The first kappa shape index (κ1) is 15.4. The molecule has 0 aliphatic carbocycles. The number of nitrogen functional groups attached to an aromatic ring is 1. The number of sulfone groups is 1. The molecular formula is C15H14N2O2S2. The zero-order chi connectivity index (χ0) is 15.5. The van der Waals surface area contributed by atoms with Crippen molar-refractivity contribution >= 4 is 27.3 Å². The number of nitriles is 1. The van der Waals surface area contributed by atoms with Gasteiger partial charge in [0.15, 0.2) is 9.84 Å². The minimum absolute atomic E-state index is 0.271. The number of hydrogen-bond acceptors (Lipinski definition) is 5. The highest BCUT2D eigenvalue weighted by Gasteiger charge is 2.07. The van der Waals surface area contributed by atoms with Crippen LogP contribution < -0.4 is 5.73 Å². The van der Waals surface area contributed by atoms with Crippen LogP contribution in [0.2, 0.25) is 0 Å². The second-order valence-electron chi connectivity index (χ2n) is 4.54. The van der Waals surface area contributed by atoms with Gasteiger partial charge >= 0.3 is 0 Å². The van der Waals surface area contributed by atoms with Crippen LogP contribution in [-0.4, -0.2) is 14.7 Å². The fraction of sp³-hybridized carbons (Fsp3) is 0.133. The third kappa shape index (κ3) is 4.00. The van der Waals surface area contributed by atoms with Gasteiger partial charge in [-0.3, -0.25) is 0 Å². The van der Waals surface area contributed by atoms with Crippen LogP contribution in [0, 0.1) is 11.3 Å². The first-order valence-electron chi connectivity index (χ1n) is 6.13. The van der Waals surface area contributed by atoms with Crippen LogP contribution in [-0.2, 0) is 16.3 Å². The minimum atomic E-state index is -3.17. The molecule has 0 aromatic heterocycles. The van der Waals surface area contributed by atoms with Gasteiger partial charge in [0.2, 0.25) is 0 Å². The van der Waals surface area contributed by atoms with E-state index in [1.807, 2.05) is 12.1 Å². The number of nitrogens with zero attached hydrogens (tertiary/aromatic N) is 1. The molecule has 108 valence electrons. The fourth-order valence-corrected chi connectivity index (χ4v) is 3.29. The molecule has 0 saturated heterocycles. The Morgan fingerprint density at radius 3 is 2.33 bits per heavy atom. The molecule has 0 aliphatic rings. The maximum atomic E-state index is 11.4. The molecule has 0 radical (unpaired) electrons. The van der Waals surface area contributed by atoms with Gasteiger partial charge in [-0.15, -0.1) is 0 Å². The lowest BCUT2D eigenvalue weighted by molar-refractivity contribution is 0.602. The van der Waals surface area contributed by atoms with Crippen molar-refractivity contribution in [3.05, 3.63) is 48.0 Å². The topological polar surface area (TPSA) is 83.9 Å². The summed E-state index contributed by atoms with van der Waals surface area (Å²) in [6, 6.07) is 14.3. The lowest BCUT2D eigenvalue weighted by Gasteiger charge is -2.06. The third-order valence-corrected chi connectivity index (χ3v) is 5.00. The second-order valence-corrected chi connectivity index (χ2v) is 7.70. The van der Waals surface area contributed by atoms with Crippen LogP contribution in [0.4, 0.5) is 5.69 Å². The van der Waals surface area contributed by atoms with Crippen molar-refractivity contribution in [3.8, 4) is 6.07 Å². The molecule has 0 amide bonds. The molecule has 2 aromatic carbocycles. The van der Waals surface area contributed by atoms with Crippen molar-refractivity contribution in [1.82, 2.24) is 0 Å². The second kappa shape index (κ2) is 6.20. The average molecular weight is 318 g/mol. The van der Waals surface area contributed by atoms with Crippen LogP contribution in [0.15, 0.2) is 57.2 Å². The molecule has 2 N–H and O–H groups in total. The molecule has 0 fully saturated rings. The van der Waals surface area contributed by atoms with Gasteiger partial charge in [0.1, 0.15) is 0 Å². The highest BCUT2D eigenvalue weighted by molar-refractivity contribution is 7.99. The van der Waals surface area contributed by atoms with Crippen molar-refractivity contribution in [1.29, 1.82) is 5.26 Å². The van der Waals surface area contributed by atoms with Crippen LogP contribution in [0.25, 0.3) is 0 Å². The quantitative estimate of drug-likeness (QED) is 0.876. The van der Waals surface area contributed by atoms with Gasteiger partial charge in [-0.05, 0) is 48.0 Å². The van der Waals surface area contributed by atoms with E-state index in [1.165, 1.54) is 18.0 Å². The highest BCUT2D eigenvalue weighted by atomic mass is 32.2. The molecule has 0 heterocycles. The molecule has 0 bridgehead atoms. The minimum Gasteiger partial charge on any atom is -0.398 e. The molecule has 0 spiro atoms. The van der Waals surface area contributed by atoms with Crippen LogP contribution >= 0.6 is 11.8 Å². The van der Waals surface area contributed by atoms with Gasteiger partial charge < -0.3 is 5.73 Å². The van der Waals surface area contributed by atoms with Crippen LogP contribution in [0.1, 0.15) is 5.56 Å². The lowest BCUT2D eigenvalue weighted by Crippen LogP contribution is -1.96. The van der Waals surface area contributed by atoms with Crippen molar-refractivity contribution in [2.45, 2.75) is 21.1 Å².